The fourth-order valence-corrected chi connectivity index (χ4v) is 25.1. The molecule has 0 N–H and O–H groups in total. The summed E-state index contributed by atoms with van der Waals surface area (Å²) >= 11 is 5.82. The SMILES string of the molecule is c1ccc([Si](c2ccccc2)(c2cccc3c2sc2c(-n4c5ccccc5c5ccccc54)cccc23)c2cccc3c2sc2c(-n4c5ccccc5c5ccccc54)cccc23)cc1.c1ccc2c(c1)sc1c(-n3c4ccccc4c4ccccc43)cccc12. The van der Waals surface area contributed by atoms with Crippen LogP contribution in [0.1, 0.15) is 0 Å². The Hall–Kier alpha value is -10.6. The summed E-state index contributed by atoms with van der Waals surface area (Å²) in [5, 5.41) is 21.2. The van der Waals surface area contributed by atoms with E-state index in [-0.39, 0.29) is 0 Å². The normalized spacial score (nSPS) is 12.2. The fourth-order valence-electron chi connectivity index (χ4n) is 15.3. The molecule has 20 aromatic rings. The lowest BCUT2D eigenvalue weighted by Crippen LogP contribution is -2.74. The maximum atomic E-state index is 2.49. The predicted octanol–water partition coefficient (Wildman–Crippen LogP) is 21.1. The maximum Gasteiger partial charge on any atom is 0.182 e. The Morgan fingerprint density at radius 2 is 0.440 bits per heavy atom. The first-order valence-electron chi connectivity index (χ1n) is 31.1. The Morgan fingerprint density at radius 3 is 0.791 bits per heavy atom. The van der Waals surface area contributed by atoms with E-state index in [1.54, 1.807) is 0 Å². The van der Waals surface area contributed by atoms with E-state index in [9.17, 15) is 0 Å². The molecule has 0 radical (unpaired) electrons. The van der Waals surface area contributed by atoms with Crippen molar-refractivity contribution in [3.05, 3.63) is 322 Å². The molecule has 426 valence electrons. The van der Waals surface area contributed by atoms with Crippen LogP contribution in [-0.4, -0.2) is 21.8 Å². The Kier molecular flexibility index (Phi) is 11.9. The van der Waals surface area contributed by atoms with Gasteiger partial charge in [0.05, 0.1) is 64.3 Å². The highest BCUT2D eigenvalue weighted by Gasteiger charge is 2.45. The molecule has 20 rings (SSSR count). The van der Waals surface area contributed by atoms with Crippen LogP contribution in [0.25, 0.3) is 143 Å². The first kappa shape index (κ1) is 52.3. The van der Waals surface area contributed by atoms with Gasteiger partial charge in [-0.05, 0) is 81.4 Å². The van der Waals surface area contributed by atoms with Gasteiger partial charge in [-0.25, -0.2) is 0 Å². The van der Waals surface area contributed by atoms with Crippen molar-refractivity contribution in [3.8, 4) is 17.1 Å². The average molecular weight is 1230 g/mol. The predicted molar refractivity (Wildman–Crippen MR) is 398 cm³/mol. The molecular weight excluding hydrogens is 1180 g/mol. The zero-order chi connectivity index (χ0) is 59.7. The van der Waals surface area contributed by atoms with E-state index in [1.165, 1.54) is 164 Å². The van der Waals surface area contributed by atoms with Gasteiger partial charge in [0.25, 0.3) is 0 Å². The van der Waals surface area contributed by atoms with E-state index in [0.29, 0.717) is 0 Å². The molecule has 6 heterocycles. The minimum atomic E-state index is -3.09. The van der Waals surface area contributed by atoms with Gasteiger partial charge >= 0.3 is 0 Å². The second-order valence-corrected chi connectivity index (χ2v) is 30.5. The number of fused-ring (bicyclic) bond motifs is 18. The van der Waals surface area contributed by atoms with Crippen LogP contribution in [0.3, 0.4) is 0 Å². The van der Waals surface area contributed by atoms with Gasteiger partial charge in [0.1, 0.15) is 0 Å². The highest BCUT2D eigenvalue weighted by Crippen LogP contribution is 2.45. The summed E-state index contributed by atoms with van der Waals surface area (Å²) in [4.78, 5) is 0. The molecule has 91 heavy (non-hydrogen) atoms. The van der Waals surface area contributed by atoms with E-state index < -0.39 is 8.07 Å². The smallest absolute Gasteiger partial charge is 0.182 e. The molecule has 0 spiro atoms. The van der Waals surface area contributed by atoms with E-state index in [4.69, 9.17) is 0 Å². The van der Waals surface area contributed by atoms with Crippen molar-refractivity contribution in [2.45, 2.75) is 0 Å². The van der Waals surface area contributed by atoms with Crippen molar-refractivity contribution < 1.29 is 0 Å². The van der Waals surface area contributed by atoms with E-state index in [1.807, 2.05) is 34.0 Å². The van der Waals surface area contributed by atoms with Crippen LogP contribution in [0, 0.1) is 0 Å². The Bertz CT molecular complexity index is 5860. The second kappa shape index (κ2) is 20.7. The topological polar surface area (TPSA) is 14.8 Å². The molecule has 6 aromatic heterocycles. The molecule has 0 amide bonds. The lowest BCUT2D eigenvalue weighted by atomic mass is 10.1. The molecule has 0 aliphatic rings. The zero-order valence-corrected chi connectivity index (χ0v) is 52.6. The molecule has 0 aliphatic heterocycles. The number of hydrogen-bond acceptors (Lipinski definition) is 3. The standard InChI is InChI=1S/C60H38N2S2Si.C24H15NS/c1-3-19-39(20-4-1)65(40-21-5-2-6-22-40,55-37-17-29-47-45-27-15-35-53(57(45)63-59(47)55)61-49-31-11-7-23-41(49)42-24-8-12-32-50(42)61)56-38-18-30-48-46-28-16-36-54(58(46)64-60(48)56)62-51-33-13-9-25-43(51)44-26-10-14-34-52(44)62;1-4-12-20-16(8-1)17-9-2-5-13-21(17)25(20)22-14-7-11-19-18-10-3-6-15-23(18)26-24(19)22/h1-38H;1-15H. The molecule has 0 saturated heterocycles. The molecule has 0 unspecified atom stereocenters. The molecule has 7 heteroatoms. The van der Waals surface area contributed by atoms with Crippen molar-refractivity contribution >= 4 is 189 Å². The number of rotatable bonds is 7. The summed E-state index contributed by atoms with van der Waals surface area (Å²) in [6.45, 7) is 0. The van der Waals surface area contributed by atoms with E-state index in [0.717, 1.165) is 0 Å². The zero-order valence-electron chi connectivity index (χ0n) is 49.2. The number of para-hydroxylation sites is 6. The van der Waals surface area contributed by atoms with Crippen LogP contribution in [-0.2, 0) is 0 Å². The van der Waals surface area contributed by atoms with Crippen LogP contribution in [0.4, 0.5) is 0 Å². The van der Waals surface area contributed by atoms with E-state index >= 15 is 0 Å². The van der Waals surface area contributed by atoms with Crippen molar-refractivity contribution in [1.82, 2.24) is 13.7 Å². The van der Waals surface area contributed by atoms with Crippen molar-refractivity contribution in [2.75, 3.05) is 0 Å². The number of nitrogens with zero attached hydrogens (tertiary/aromatic N) is 3. The highest BCUT2D eigenvalue weighted by atomic mass is 32.1. The molecular formula is C84H53N3S3Si. The third kappa shape index (κ3) is 7.70. The lowest BCUT2D eigenvalue weighted by Gasteiger charge is -2.35. The molecule has 14 aromatic carbocycles. The third-order valence-corrected chi connectivity index (χ3v) is 28.0. The van der Waals surface area contributed by atoms with Crippen LogP contribution in [0.2, 0.25) is 0 Å². The van der Waals surface area contributed by atoms with Gasteiger partial charge in [0, 0.05) is 78.7 Å². The molecule has 0 saturated carbocycles. The average Bonchev–Trinajstić information content (AvgIpc) is 1.72. The maximum absolute atomic E-state index is 3.09. The van der Waals surface area contributed by atoms with Crippen molar-refractivity contribution in [1.29, 1.82) is 0 Å². The summed E-state index contributed by atoms with van der Waals surface area (Å²) < 4.78 is 15.4. The third-order valence-electron chi connectivity index (χ3n) is 19.1. The first-order valence-corrected chi connectivity index (χ1v) is 35.5. The summed E-state index contributed by atoms with van der Waals surface area (Å²) in [6, 6.07) is 119. The number of aromatic nitrogens is 3. The Balaban J connectivity index is 0.000000189. The Labute approximate surface area is 537 Å². The van der Waals surface area contributed by atoms with Gasteiger partial charge in [-0.1, -0.05) is 261 Å². The first-order chi connectivity index (χ1) is 45.2. The highest BCUT2D eigenvalue weighted by molar-refractivity contribution is 7.34. The van der Waals surface area contributed by atoms with Gasteiger partial charge in [-0.3, -0.25) is 0 Å². The molecule has 0 aliphatic carbocycles. The Morgan fingerprint density at radius 1 is 0.187 bits per heavy atom. The molecule has 0 atom stereocenters. The molecule has 0 fully saturated rings. The second-order valence-electron chi connectivity index (χ2n) is 23.7. The van der Waals surface area contributed by atoms with Gasteiger partial charge in [-0.2, -0.15) is 0 Å². The lowest BCUT2D eigenvalue weighted by molar-refractivity contribution is 1.20. The van der Waals surface area contributed by atoms with Gasteiger partial charge in [0.15, 0.2) is 8.07 Å². The fraction of sp³-hybridized carbons (Fsp3) is 0. The van der Waals surface area contributed by atoms with Crippen LogP contribution >= 0.6 is 34.0 Å². The van der Waals surface area contributed by atoms with Crippen LogP contribution in [0.5, 0.6) is 0 Å². The number of thiophene rings is 3. The summed E-state index contributed by atoms with van der Waals surface area (Å²) in [6.07, 6.45) is 0. The van der Waals surface area contributed by atoms with E-state index in [2.05, 4.69) is 335 Å². The number of benzene rings is 14. The van der Waals surface area contributed by atoms with Crippen molar-refractivity contribution in [2.24, 2.45) is 0 Å². The summed E-state index contributed by atoms with van der Waals surface area (Å²) in [7, 11) is -3.09. The van der Waals surface area contributed by atoms with Crippen molar-refractivity contribution in [3.63, 3.8) is 0 Å². The minimum Gasteiger partial charge on any atom is -0.308 e. The van der Waals surface area contributed by atoms with Crippen LogP contribution in [0.15, 0.2) is 322 Å². The van der Waals surface area contributed by atoms with Gasteiger partial charge < -0.3 is 13.7 Å². The quantitative estimate of drug-likeness (QED) is 0.112. The van der Waals surface area contributed by atoms with Gasteiger partial charge in [-0.15, -0.1) is 34.0 Å². The minimum absolute atomic E-state index is 1.22. The summed E-state index contributed by atoms with van der Waals surface area (Å²) in [5.74, 6) is 0. The largest absolute Gasteiger partial charge is 0.308 e. The number of hydrogen-bond donors (Lipinski definition) is 0. The molecule has 3 nitrogen and oxygen atoms in total. The molecule has 0 bridgehead atoms. The monoisotopic (exact) mass is 1230 g/mol. The van der Waals surface area contributed by atoms with Crippen LogP contribution < -0.4 is 20.7 Å². The van der Waals surface area contributed by atoms with Gasteiger partial charge in [0.2, 0.25) is 0 Å². The summed E-state index contributed by atoms with van der Waals surface area (Å²) in [5.41, 5.74) is 11.2.